The fraction of sp³-hybridized carbons (Fsp3) is 0.238. The predicted molar refractivity (Wildman–Crippen MR) is 112 cm³/mol. The van der Waals surface area contributed by atoms with Gasteiger partial charge in [0.2, 0.25) is 5.88 Å². The second-order valence-corrected chi connectivity index (χ2v) is 9.12. The van der Waals surface area contributed by atoms with E-state index in [9.17, 15) is 4.79 Å². The molecule has 0 aliphatic carbocycles. The van der Waals surface area contributed by atoms with Gasteiger partial charge < -0.3 is 4.74 Å². The Bertz CT molecular complexity index is 962. The normalized spacial score (nSPS) is 11.4. The van der Waals surface area contributed by atoms with Crippen LogP contribution in [0, 0.1) is 6.92 Å². The van der Waals surface area contributed by atoms with Crippen molar-refractivity contribution in [2.75, 3.05) is 0 Å². The zero-order valence-electron chi connectivity index (χ0n) is 15.7. The summed E-state index contributed by atoms with van der Waals surface area (Å²) in [5.74, 6) is 0.0652. The van der Waals surface area contributed by atoms with Gasteiger partial charge in [0.25, 0.3) is 0 Å². The molecule has 0 fully saturated rings. The third-order valence-electron chi connectivity index (χ3n) is 3.81. The average Bonchev–Trinajstić information content (AvgIpc) is 2.92. The third kappa shape index (κ3) is 4.62. The number of esters is 1. The van der Waals surface area contributed by atoms with Crippen LogP contribution in [0.2, 0.25) is 0 Å². The summed E-state index contributed by atoms with van der Waals surface area (Å²) in [4.78, 5) is 14.7. The molecule has 140 valence electrons. The molecule has 1 heterocycles. The number of ether oxygens (including phenoxy) is 1. The monoisotopic (exact) mass is 444 g/mol. The minimum Gasteiger partial charge on any atom is -0.403 e. The van der Waals surface area contributed by atoms with E-state index in [1.54, 1.807) is 28.6 Å². The highest BCUT2D eigenvalue weighted by atomic mass is 79.9. The van der Waals surface area contributed by atoms with E-state index in [2.05, 4.69) is 21.0 Å². The van der Waals surface area contributed by atoms with Crippen LogP contribution in [0.1, 0.15) is 36.8 Å². The van der Waals surface area contributed by atoms with Crippen molar-refractivity contribution in [1.29, 1.82) is 0 Å². The molecule has 0 unspecified atom stereocenters. The first kappa shape index (κ1) is 19.7. The second kappa shape index (κ2) is 7.90. The van der Waals surface area contributed by atoms with Gasteiger partial charge in [-0.1, -0.05) is 52.0 Å². The van der Waals surface area contributed by atoms with Crippen LogP contribution in [-0.4, -0.2) is 15.7 Å². The quantitative estimate of drug-likeness (QED) is 0.457. The second-order valence-electron chi connectivity index (χ2n) is 7.12. The Hall–Kier alpha value is -2.05. The van der Waals surface area contributed by atoms with Crippen LogP contribution >= 0.6 is 27.7 Å². The van der Waals surface area contributed by atoms with Gasteiger partial charge in [0.05, 0.1) is 21.7 Å². The van der Waals surface area contributed by atoms with E-state index >= 15 is 0 Å². The molecule has 3 aromatic rings. The zero-order chi connectivity index (χ0) is 19.6. The van der Waals surface area contributed by atoms with E-state index in [1.807, 2.05) is 70.2 Å². The smallest absolute Gasteiger partial charge is 0.344 e. The van der Waals surface area contributed by atoms with Crippen molar-refractivity contribution < 1.29 is 9.53 Å². The van der Waals surface area contributed by atoms with Gasteiger partial charge in [0.15, 0.2) is 0 Å². The van der Waals surface area contributed by atoms with Crippen molar-refractivity contribution in [3.63, 3.8) is 0 Å². The molecule has 0 radical (unpaired) electrons. The summed E-state index contributed by atoms with van der Waals surface area (Å²) in [5, 5.41) is 4.65. The van der Waals surface area contributed by atoms with Crippen LogP contribution in [0.25, 0.3) is 0 Å². The standard InChI is InChI=1S/C21H21BrN2O2S/c1-14-18(27-17-11-6-5-7-12-17)19(24(23-14)21(2,3)4)26-20(25)15-9-8-10-16(22)13-15/h5-13H,1-4H3. The maximum absolute atomic E-state index is 12.8. The molecule has 0 spiro atoms. The molecule has 0 bridgehead atoms. The van der Waals surface area contributed by atoms with Crippen LogP contribution in [0.4, 0.5) is 0 Å². The van der Waals surface area contributed by atoms with Crippen LogP contribution in [0.3, 0.4) is 0 Å². The maximum atomic E-state index is 12.8. The summed E-state index contributed by atoms with van der Waals surface area (Å²) in [7, 11) is 0. The van der Waals surface area contributed by atoms with E-state index in [-0.39, 0.29) is 5.54 Å². The van der Waals surface area contributed by atoms with E-state index in [0.29, 0.717) is 11.4 Å². The van der Waals surface area contributed by atoms with E-state index in [1.165, 1.54) is 0 Å². The molecule has 6 heteroatoms. The van der Waals surface area contributed by atoms with Gasteiger partial charge >= 0.3 is 5.97 Å². The average molecular weight is 445 g/mol. The summed E-state index contributed by atoms with van der Waals surface area (Å²) < 4.78 is 8.47. The van der Waals surface area contributed by atoms with Crippen molar-refractivity contribution in [3.8, 4) is 5.88 Å². The highest BCUT2D eigenvalue weighted by Crippen LogP contribution is 2.40. The highest BCUT2D eigenvalue weighted by molar-refractivity contribution is 9.10. The fourth-order valence-corrected chi connectivity index (χ4v) is 3.85. The Morgan fingerprint density at radius 3 is 2.44 bits per heavy atom. The van der Waals surface area contributed by atoms with Gasteiger partial charge in [-0.2, -0.15) is 5.10 Å². The van der Waals surface area contributed by atoms with Crippen molar-refractivity contribution in [1.82, 2.24) is 9.78 Å². The molecular weight excluding hydrogens is 424 g/mol. The Balaban J connectivity index is 2.02. The van der Waals surface area contributed by atoms with Crippen LogP contribution < -0.4 is 4.74 Å². The number of carbonyl (C=O) groups is 1. The van der Waals surface area contributed by atoms with Gasteiger partial charge in [-0.3, -0.25) is 0 Å². The lowest BCUT2D eigenvalue weighted by Gasteiger charge is -2.22. The number of carbonyl (C=O) groups excluding carboxylic acids is 1. The molecule has 4 nitrogen and oxygen atoms in total. The Morgan fingerprint density at radius 2 is 1.81 bits per heavy atom. The molecule has 0 aliphatic rings. The van der Waals surface area contributed by atoms with Crippen LogP contribution in [0.5, 0.6) is 5.88 Å². The van der Waals surface area contributed by atoms with Gasteiger partial charge in [0, 0.05) is 9.37 Å². The minimum atomic E-state index is -0.406. The third-order valence-corrected chi connectivity index (χ3v) is 5.49. The molecule has 1 aromatic heterocycles. The van der Waals surface area contributed by atoms with Crippen molar-refractivity contribution in [2.45, 2.75) is 43.0 Å². The molecular formula is C21H21BrN2O2S. The largest absolute Gasteiger partial charge is 0.403 e. The van der Waals surface area contributed by atoms with E-state index in [4.69, 9.17) is 4.74 Å². The summed E-state index contributed by atoms with van der Waals surface area (Å²) in [6.45, 7) is 8.04. The Kier molecular flexibility index (Phi) is 5.77. The SMILES string of the molecule is Cc1nn(C(C)(C)C)c(OC(=O)c2cccc(Br)c2)c1Sc1ccccc1. The van der Waals surface area contributed by atoms with Crippen molar-refractivity contribution in [3.05, 3.63) is 70.3 Å². The van der Waals surface area contributed by atoms with Gasteiger partial charge in [-0.15, -0.1) is 0 Å². The zero-order valence-corrected chi connectivity index (χ0v) is 18.1. The van der Waals surface area contributed by atoms with Crippen LogP contribution in [-0.2, 0) is 5.54 Å². The summed E-state index contributed by atoms with van der Waals surface area (Å²) in [6.07, 6.45) is 0. The topological polar surface area (TPSA) is 44.1 Å². The molecule has 0 N–H and O–H groups in total. The number of aromatic nitrogens is 2. The first-order chi connectivity index (χ1) is 12.8. The number of hydrogen-bond acceptors (Lipinski definition) is 4. The first-order valence-corrected chi connectivity index (χ1v) is 10.2. The molecule has 0 atom stereocenters. The number of rotatable bonds is 4. The maximum Gasteiger partial charge on any atom is 0.344 e. The van der Waals surface area contributed by atoms with Crippen molar-refractivity contribution >= 4 is 33.7 Å². The first-order valence-electron chi connectivity index (χ1n) is 8.56. The van der Waals surface area contributed by atoms with Crippen LogP contribution in [0.15, 0.2) is 68.9 Å². The summed E-state index contributed by atoms with van der Waals surface area (Å²) in [5.41, 5.74) is 0.989. The highest BCUT2D eigenvalue weighted by Gasteiger charge is 2.27. The number of benzene rings is 2. The minimum absolute atomic E-state index is 0.326. The van der Waals surface area contributed by atoms with Gasteiger partial charge in [-0.25, -0.2) is 9.48 Å². The number of halogens is 1. The molecule has 2 aromatic carbocycles. The number of hydrogen-bond donors (Lipinski definition) is 0. The number of nitrogens with zero attached hydrogens (tertiary/aromatic N) is 2. The molecule has 0 aliphatic heterocycles. The lowest BCUT2D eigenvalue weighted by atomic mass is 10.1. The fourth-order valence-electron chi connectivity index (χ4n) is 2.52. The molecule has 0 saturated carbocycles. The molecule has 3 rings (SSSR count). The molecule has 0 amide bonds. The molecule has 0 saturated heterocycles. The van der Waals surface area contributed by atoms with E-state index in [0.717, 1.165) is 20.0 Å². The lowest BCUT2D eigenvalue weighted by Crippen LogP contribution is -2.25. The van der Waals surface area contributed by atoms with E-state index < -0.39 is 5.97 Å². The Morgan fingerprint density at radius 1 is 1.11 bits per heavy atom. The summed E-state index contributed by atoms with van der Waals surface area (Å²) in [6, 6.07) is 17.2. The van der Waals surface area contributed by atoms with Gasteiger partial charge in [0.1, 0.15) is 0 Å². The number of aryl methyl sites for hydroxylation is 1. The molecule has 27 heavy (non-hydrogen) atoms. The summed E-state index contributed by atoms with van der Waals surface area (Å²) >= 11 is 4.94. The van der Waals surface area contributed by atoms with Gasteiger partial charge in [-0.05, 0) is 58.0 Å². The van der Waals surface area contributed by atoms with Crippen molar-refractivity contribution in [2.24, 2.45) is 0 Å². The lowest BCUT2D eigenvalue weighted by molar-refractivity contribution is 0.0704. The Labute approximate surface area is 172 Å². The predicted octanol–water partition coefficient (Wildman–Crippen LogP) is 6.08.